The number of hydrogen-bond acceptors (Lipinski definition) is 2. The molecule has 96 valence electrons. The maximum Gasteiger partial charge on any atom is 0.120 e. The summed E-state index contributed by atoms with van der Waals surface area (Å²) in [7, 11) is 0. The van der Waals surface area contributed by atoms with Gasteiger partial charge in [0, 0.05) is 12.0 Å². The average Bonchev–Trinajstić information content (AvgIpc) is 2.34. The first-order chi connectivity index (χ1) is 8.50. The summed E-state index contributed by atoms with van der Waals surface area (Å²) in [6.45, 7) is 6.96. The Kier molecular flexibility index (Phi) is 3.58. The van der Waals surface area contributed by atoms with Gasteiger partial charge in [-0.2, -0.15) is 0 Å². The molecule has 2 heteroatoms. The maximum absolute atomic E-state index is 6.01. The minimum Gasteiger partial charge on any atom is -0.489 e. The van der Waals surface area contributed by atoms with Gasteiger partial charge in [0.15, 0.2) is 0 Å². The zero-order valence-electron chi connectivity index (χ0n) is 11.3. The summed E-state index contributed by atoms with van der Waals surface area (Å²) >= 11 is 0. The van der Waals surface area contributed by atoms with Gasteiger partial charge in [0.1, 0.15) is 11.9 Å². The summed E-state index contributed by atoms with van der Waals surface area (Å²) in [6.07, 6.45) is 0.0265. The Bertz CT molecular complexity index is 528. The van der Waals surface area contributed by atoms with Crippen molar-refractivity contribution in [3.8, 4) is 5.75 Å². The van der Waals surface area contributed by atoms with Gasteiger partial charge in [-0.1, -0.05) is 51.1 Å². The number of rotatable bonds is 3. The largest absolute Gasteiger partial charge is 0.489 e. The number of benzene rings is 2. The summed E-state index contributed by atoms with van der Waals surface area (Å²) in [5, 5.41) is 2.42. The van der Waals surface area contributed by atoms with E-state index in [0.29, 0.717) is 6.54 Å². The van der Waals surface area contributed by atoms with Crippen LogP contribution in [0, 0.1) is 5.41 Å². The van der Waals surface area contributed by atoms with Crippen molar-refractivity contribution in [1.82, 2.24) is 0 Å². The van der Waals surface area contributed by atoms with E-state index in [2.05, 4.69) is 45.0 Å². The Morgan fingerprint density at radius 2 is 1.72 bits per heavy atom. The molecular formula is C16H21NO. The fourth-order valence-corrected chi connectivity index (χ4v) is 1.98. The highest BCUT2D eigenvalue weighted by molar-refractivity contribution is 5.83. The Morgan fingerprint density at radius 1 is 1.06 bits per heavy atom. The van der Waals surface area contributed by atoms with Crippen molar-refractivity contribution in [3.63, 3.8) is 0 Å². The second-order valence-electron chi connectivity index (χ2n) is 5.72. The highest BCUT2D eigenvalue weighted by Gasteiger charge is 2.25. The Hall–Kier alpha value is -1.54. The van der Waals surface area contributed by atoms with Gasteiger partial charge in [-0.3, -0.25) is 0 Å². The zero-order chi connectivity index (χ0) is 13.2. The fraction of sp³-hybridized carbons (Fsp3) is 0.375. The molecule has 0 aliphatic carbocycles. The Labute approximate surface area is 109 Å². The minimum atomic E-state index is 0.0265. The van der Waals surface area contributed by atoms with E-state index in [9.17, 15) is 0 Å². The van der Waals surface area contributed by atoms with E-state index in [0.717, 1.165) is 5.75 Å². The Balaban J connectivity index is 2.26. The van der Waals surface area contributed by atoms with Crippen molar-refractivity contribution in [3.05, 3.63) is 42.5 Å². The molecule has 0 aliphatic heterocycles. The third kappa shape index (κ3) is 2.82. The molecule has 0 amide bonds. The van der Waals surface area contributed by atoms with Crippen LogP contribution in [0.15, 0.2) is 42.5 Å². The summed E-state index contributed by atoms with van der Waals surface area (Å²) < 4.78 is 6.01. The smallest absolute Gasteiger partial charge is 0.120 e. The molecule has 0 saturated carbocycles. The summed E-state index contributed by atoms with van der Waals surface area (Å²) in [4.78, 5) is 0. The van der Waals surface area contributed by atoms with Gasteiger partial charge < -0.3 is 10.5 Å². The molecule has 0 spiro atoms. The lowest BCUT2D eigenvalue weighted by Gasteiger charge is -2.30. The molecule has 0 saturated heterocycles. The van der Waals surface area contributed by atoms with Crippen molar-refractivity contribution in [2.45, 2.75) is 26.9 Å². The minimum absolute atomic E-state index is 0.0265. The van der Waals surface area contributed by atoms with Gasteiger partial charge in [-0.15, -0.1) is 0 Å². The van der Waals surface area contributed by atoms with E-state index in [1.807, 2.05) is 18.2 Å². The molecule has 0 fully saturated rings. The lowest BCUT2D eigenvalue weighted by atomic mass is 9.89. The van der Waals surface area contributed by atoms with Crippen LogP contribution in [-0.4, -0.2) is 12.6 Å². The molecule has 0 bridgehead atoms. The standard InChI is InChI=1S/C16H21NO/c1-16(2,3)15(11-17)18-14-9-8-12-6-4-5-7-13(12)10-14/h4-10,15H,11,17H2,1-3H3. The van der Waals surface area contributed by atoms with Crippen LogP contribution in [0.3, 0.4) is 0 Å². The highest BCUT2D eigenvalue weighted by atomic mass is 16.5. The van der Waals surface area contributed by atoms with Crippen molar-refractivity contribution in [2.75, 3.05) is 6.54 Å². The molecule has 2 aromatic rings. The third-order valence-corrected chi connectivity index (χ3v) is 3.18. The first-order valence-corrected chi connectivity index (χ1v) is 6.36. The topological polar surface area (TPSA) is 35.2 Å². The van der Waals surface area contributed by atoms with Crippen molar-refractivity contribution < 1.29 is 4.74 Å². The van der Waals surface area contributed by atoms with E-state index >= 15 is 0 Å². The van der Waals surface area contributed by atoms with Gasteiger partial charge in [-0.05, 0) is 22.9 Å². The van der Waals surface area contributed by atoms with Crippen molar-refractivity contribution in [2.24, 2.45) is 11.1 Å². The van der Waals surface area contributed by atoms with Gasteiger partial charge >= 0.3 is 0 Å². The van der Waals surface area contributed by atoms with Crippen LogP contribution < -0.4 is 10.5 Å². The van der Waals surface area contributed by atoms with Gasteiger partial charge in [-0.25, -0.2) is 0 Å². The highest BCUT2D eigenvalue weighted by Crippen LogP contribution is 2.26. The molecule has 2 aromatic carbocycles. The van der Waals surface area contributed by atoms with Crippen molar-refractivity contribution >= 4 is 10.8 Å². The molecule has 1 atom stereocenters. The SMILES string of the molecule is CC(C)(C)C(CN)Oc1ccc2ccccc2c1. The van der Waals surface area contributed by atoms with Crippen LogP contribution >= 0.6 is 0 Å². The quantitative estimate of drug-likeness (QED) is 0.894. The normalized spacial score (nSPS) is 13.6. The molecule has 0 aromatic heterocycles. The molecule has 1 unspecified atom stereocenters. The van der Waals surface area contributed by atoms with Crippen LogP contribution in [0.25, 0.3) is 10.8 Å². The maximum atomic E-state index is 6.01. The van der Waals surface area contributed by atoms with E-state index in [1.165, 1.54) is 10.8 Å². The third-order valence-electron chi connectivity index (χ3n) is 3.18. The molecule has 0 radical (unpaired) electrons. The predicted molar refractivity (Wildman–Crippen MR) is 76.9 cm³/mol. The summed E-state index contributed by atoms with van der Waals surface area (Å²) in [5.41, 5.74) is 5.84. The van der Waals surface area contributed by atoms with E-state index in [4.69, 9.17) is 10.5 Å². The van der Waals surface area contributed by atoms with Crippen LogP contribution in [-0.2, 0) is 0 Å². The van der Waals surface area contributed by atoms with Gasteiger partial charge in [0.05, 0.1) is 0 Å². The first kappa shape index (κ1) is 12.9. The summed E-state index contributed by atoms with van der Waals surface area (Å²) in [6, 6.07) is 14.4. The number of nitrogens with two attached hydrogens (primary N) is 1. The predicted octanol–water partition coefficient (Wildman–Crippen LogP) is 3.59. The van der Waals surface area contributed by atoms with Crippen molar-refractivity contribution in [1.29, 1.82) is 0 Å². The molecule has 0 heterocycles. The second kappa shape index (κ2) is 4.99. The first-order valence-electron chi connectivity index (χ1n) is 6.36. The van der Waals surface area contributed by atoms with Crippen LogP contribution in [0.2, 0.25) is 0 Å². The molecule has 2 N–H and O–H groups in total. The fourth-order valence-electron chi connectivity index (χ4n) is 1.98. The van der Waals surface area contributed by atoms with Crippen LogP contribution in [0.1, 0.15) is 20.8 Å². The number of hydrogen-bond donors (Lipinski definition) is 1. The van der Waals surface area contributed by atoms with E-state index in [1.54, 1.807) is 0 Å². The van der Waals surface area contributed by atoms with Crippen LogP contribution in [0.4, 0.5) is 0 Å². The molecular weight excluding hydrogens is 222 g/mol. The molecule has 0 aliphatic rings. The second-order valence-corrected chi connectivity index (χ2v) is 5.72. The zero-order valence-corrected chi connectivity index (χ0v) is 11.3. The Morgan fingerprint density at radius 3 is 2.33 bits per heavy atom. The van der Waals surface area contributed by atoms with E-state index in [-0.39, 0.29) is 11.5 Å². The number of ether oxygens (including phenoxy) is 1. The van der Waals surface area contributed by atoms with E-state index < -0.39 is 0 Å². The lowest BCUT2D eigenvalue weighted by molar-refractivity contribution is 0.0943. The van der Waals surface area contributed by atoms with Gasteiger partial charge in [0.2, 0.25) is 0 Å². The van der Waals surface area contributed by atoms with Gasteiger partial charge in [0.25, 0.3) is 0 Å². The summed E-state index contributed by atoms with van der Waals surface area (Å²) in [5.74, 6) is 0.888. The monoisotopic (exact) mass is 243 g/mol. The number of fused-ring (bicyclic) bond motifs is 1. The lowest BCUT2D eigenvalue weighted by Crippen LogP contribution is -2.38. The molecule has 2 rings (SSSR count). The average molecular weight is 243 g/mol. The van der Waals surface area contributed by atoms with Crippen LogP contribution in [0.5, 0.6) is 5.75 Å². The molecule has 2 nitrogen and oxygen atoms in total. The molecule has 18 heavy (non-hydrogen) atoms.